The second-order valence-electron chi connectivity index (χ2n) is 5.60. The number of methoxy groups -OCH3 is 1. The Balaban J connectivity index is 1.92. The molecule has 0 saturated heterocycles. The molecule has 122 valence electrons. The number of ether oxygens (including phenoxy) is 1. The Kier molecular flexibility index (Phi) is 4.08. The van der Waals surface area contributed by atoms with E-state index in [0.717, 1.165) is 16.7 Å². The molecule has 1 aromatic heterocycles. The zero-order valence-corrected chi connectivity index (χ0v) is 13.8. The zero-order chi connectivity index (χ0) is 17.3. The number of benzene rings is 2. The topological polar surface area (TPSA) is 60.3 Å². The molecule has 1 N–H and O–H groups in total. The maximum absolute atomic E-state index is 12.6. The molecule has 0 spiro atoms. The van der Waals surface area contributed by atoms with E-state index in [0.29, 0.717) is 16.9 Å². The van der Waals surface area contributed by atoms with Crippen LogP contribution in [0.3, 0.4) is 0 Å². The molecule has 1 heterocycles. The van der Waals surface area contributed by atoms with Gasteiger partial charge in [0.15, 0.2) is 5.78 Å². The molecule has 3 aromatic rings. The Morgan fingerprint density at radius 3 is 2.58 bits per heavy atom. The van der Waals surface area contributed by atoms with Gasteiger partial charge in [-0.1, -0.05) is 12.1 Å². The van der Waals surface area contributed by atoms with Crippen molar-refractivity contribution in [2.45, 2.75) is 6.92 Å². The fourth-order valence-corrected chi connectivity index (χ4v) is 2.68. The summed E-state index contributed by atoms with van der Waals surface area (Å²) in [4.78, 5) is 24.0. The van der Waals surface area contributed by atoms with Gasteiger partial charge >= 0.3 is 0 Å². The number of hydrogen-bond acceptors (Lipinski definition) is 3. The van der Waals surface area contributed by atoms with Crippen molar-refractivity contribution in [1.82, 2.24) is 4.57 Å². The molecule has 0 atom stereocenters. The van der Waals surface area contributed by atoms with Crippen LogP contribution in [0.4, 0.5) is 5.69 Å². The number of fused-ring (bicyclic) bond motifs is 1. The number of ketones is 1. The molecule has 0 aliphatic rings. The van der Waals surface area contributed by atoms with E-state index >= 15 is 0 Å². The van der Waals surface area contributed by atoms with Crippen LogP contribution in [0.25, 0.3) is 10.9 Å². The lowest BCUT2D eigenvalue weighted by molar-refractivity contribution is 0.100. The summed E-state index contributed by atoms with van der Waals surface area (Å²) in [5, 5.41) is 3.77. The predicted octanol–water partition coefficient (Wildman–Crippen LogP) is 3.64. The average molecular weight is 322 g/mol. The minimum Gasteiger partial charge on any atom is -0.497 e. The minimum atomic E-state index is -0.228. The number of Topliss-reactive ketones (excluding diaryl/α,β-unsaturated/α-hetero) is 1. The van der Waals surface area contributed by atoms with Gasteiger partial charge in [-0.2, -0.15) is 0 Å². The van der Waals surface area contributed by atoms with E-state index in [4.69, 9.17) is 4.74 Å². The van der Waals surface area contributed by atoms with E-state index in [1.165, 1.54) is 6.92 Å². The van der Waals surface area contributed by atoms with Gasteiger partial charge < -0.3 is 14.6 Å². The van der Waals surface area contributed by atoms with E-state index in [9.17, 15) is 9.59 Å². The average Bonchev–Trinajstić information content (AvgIpc) is 2.91. The highest BCUT2D eigenvalue weighted by Crippen LogP contribution is 2.24. The summed E-state index contributed by atoms with van der Waals surface area (Å²) < 4.78 is 7.05. The van der Waals surface area contributed by atoms with Crippen LogP contribution in [-0.4, -0.2) is 23.4 Å². The molecule has 5 nitrogen and oxygen atoms in total. The van der Waals surface area contributed by atoms with Crippen molar-refractivity contribution in [3.05, 3.63) is 59.8 Å². The minimum absolute atomic E-state index is 0.0391. The summed E-state index contributed by atoms with van der Waals surface area (Å²) in [5.74, 6) is 0.477. The smallest absolute Gasteiger partial charge is 0.272 e. The van der Waals surface area contributed by atoms with Crippen molar-refractivity contribution in [1.29, 1.82) is 0 Å². The molecule has 24 heavy (non-hydrogen) atoms. The van der Waals surface area contributed by atoms with Crippen LogP contribution >= 0.6 is 0 Å². The summed E-state index contributed by atoms with van der Waals surface area (Å²) in [6.07, 6.45) is 0. The molecule has 0 bridgehead atoms. The Hall–Kier alpha value is -3.08. The van der Waals surface area contributed by atoms with Crippen LogP contribution in [0, 0.1) is 0 Å². The van der Waals surface area contributed by atoms with Crippen molar-refractivity contribution < 1.29 is 14.3 Å². The highest BCUT2D eigenvalue weighted by Gasteiger charge is 2.14. The van der Waals surface area contributed by atoms with Crippen molar-refractivity contribution in [2.24, 2.45) is 7.05 Å². The predicted molar refractivity (Wildman–Crippen MR) is 93.9 cm³/mol. The largest absolute Gasteiger partial charge is 0.497 e. The van der Waals surface area contributed by atoms with Gasteiger partial charge in [-0.05, 0) is 43.3 Å². The molecule has 0 aliphatic heterocycles. The molecule has 0 radical (unpaired) electrons. The molecular weight excluding hydrogens is 304 g/mol. The summed E-state index contributed by atoms with van der Waals surface area (Å²) in [6.45, 7) is 1.50. The van der Waals surface area contributed by atoms with Crippen LogP contribution < -0.4 is 10.1 Å². The normalized spacial score (nSPS) is 10.6. The summed E-state index contributed by atoms with van der Waals surface area (Å²) >= 11 is 0. The molecular formula is C19H18N2O3. The van der Waals surface area contributed by atoms with E-state index in [1.807, 2.05) is 35.9 Å². The van der Waals surface area contributed by atoms with E-state index in [2.05, 4.69) is 5.32 Å². The van der Waals surface area contributed by atoms with E-state index < -0.39 is 0 Å². The summed E-state index contributed by atoms with van der Waals surface area (Å²) in [5.41, 5.74) is 2.63. The number of carbonyl (C=O) groups is 2. The quantitative estimate of drug-likeness (QED) is 0.746. The number of nitrogens with one attached hydrogen (secondary N) is 1. The molecule has 1 amide bonds. The number of nitrogens with zero attached hydrogens (tertiary/aromatic N) is 1. The lowest BCUT2D eigenvalue weighted by atomic mass is 10.1. The van der Waals surface area contributed by atoms with Gasteiger partial charge in [-0.25, -0.2) is 0 Å². The highest BCUT2D eigenvalue weighted by molar-refractivity contribution is 6.07. The fraction of sp³-hybridized carbons (Fsp3) is 0.158. The molecule has 0 aliphatic carbocycles. The third kappa shape index (κ3) is 2.88. The standard InChI is InChI=1S/C19H18N2O3/c1-12(22)13-5-4-6-15(9-13)20-19(23)18-11-14-10-16(24-3)7-8-17(14)21(18)2/h4-11H,1-3H3,(H,20,23). The van der Waals surface area contributed by atoms with Gasteiger partial charge in [-0.3, -0.25) is 9.59 Å². The van der Waals surface area contributed by atoms with Gasteiger partial charge in [0, 0.05) is 29.2 Å². The van der Waals surface area contributed by atoms with Crippen LogP contribution in [0.5, 0.6) is 5.75 Å². The molecule has 3 rings (SSSR count). The third-order valence-corrected chi connectivity index (χ3v) is 4.01. The lowest BCUT2D eigenvalue weighted by Crippen LogP contribution is -2.15. The summed E-state index contributed by atoms with van der Waals surface area (Å²) in [7, 11) is 3.45. The molecule has 0 fully saturated rings. The fourth-order valence-electron chi connectivity index (χ4n) is 2.68. The number of anilines is 1. The maximum Gasteiger partial charge on any atom is 0.272 e. The van der Waals surface area contributed by atoms with Crippen LogP contribution in [0.2, 0.25) is 0 Å². The first kappa shape index (κ1) is 15.8. The van der Waals surface area contributed by atoms with Gasteiger partial charge in [0.25, 0.3) is 5.91 Å². The van der Waals surface area contributed by atoms with Gasteiger partial charge in [0.1, 0.15) is 11.4 Å². The number of aryl methyl sites for hydroxylation is 1. The van der Waals surface area contributed by atoms with Crippen molar-refractivity contribution in [3.63, 3.8) is 0 Å². The van der Waals surface area contributed by atoms with Crippen molar-refractivity contribution >= 4 is 28.3 Å². The number of carbonyl (C=O) groups excluding carboxylic acids is 2. The molecule has 0 saturated carbocycles. The highest BCUT2D eigenvalue weighted by atomic mass is 16.5. The monoisotopic (exact) mass is 322 g/mol. The molecule has 5 heteroatoms. The molecule has 2 aromatic carbocycles. The zero-order valence-electron chi connectivity index (χ0n) is 13.8. The first-order valence-corrected chi connectivity index (χ1v) is 7.55. The Bertz CT molecular complexity index is 941. The Labute approximate surface area is 139 Å². The Morgan fingerprint density at radius 1 is 1.08 bits per heavy atom. The van der Waals surface area contributed by atoms with Crippen molar-refractivity contribution in [2.75, 3.05) is 12.4 Å². The third-order valence-electron chi connectivity index (χ3n) is 4.01. The number of amides is 1. The van der Waals surface area contributed by atoms with Gasteiger partial charge in [0.2, 0.25) is 0 Å². The number of hydrogen-bond donors (Lipinski definition) is 1. The molecule has 0 unspecified atom stereocenters. The first-order chi connectivity index (χ1) is 11.5. The van der Waals surface area contributed by atoms with Crippen LogP contribution in [0.15, 0.2) is 48.5 Å². The summed E-state index contributed by atoms with van der Waals surface area (Å²) in [6, 6.07) is 14.4. The first-order valence-electron chi connectivity index (χ1n) is 7.55. The maximum atomic E-state index is 12.6. The number of rotatable bonds is 4. The van der Waals surface area contributed by atoms with E-state index in [1.54, 1.807) is 31.4 Å². The van der Waals surface area contributed by atoms with Gasteiger partial charge in [0.05, 0.1) is 7.11 Å². The number of aromatic nitrogens is 1. The second-order valence-corrected chi connectivity index (χ2v) is 5.60. The van der Waals surface area contributed by atoms with Gasteiger partial charge in [-0.15, -0.1) is 0 Å². The van der Waals surface area contributed by atoms with E-state index in [-0.39, 0.29) is 11.7 Å². The lowest BCUT2D eigenvalue weighted by Gasteiger charge is -2.07. The van der Waals surface area contributed by atoms with Crippen LogP contribution in [-0.2, 0) is 7.05 Å². The van der Waals surface area contributed by atoms with Crippen LogP contribution in [0.1, 0.15) is 27.8 Å². The second kappa shape index (κ2) is 6.20. The SMILES string of the molecule is COc1ccc2c(c1)cc(C(=O)Nc1cccc(C(C)=O)c1)n2C. The Morgan fingerprint density at radius 2 is 1.88 bits per heavy atom. The van der Waals surface area contributed by atoms with Crippen molar-refractivity contribution in [3.8, 4) is 5.75 Å².